The van der Waals surface area contributed by atoms with Crippen LogP contribution in [0.2, 0.25) is 0 Å². The van der Waals surface area contributed by atoms with Crippen LogP contribution in [0.1, 0.15) is 258 Å². The topological polar surface area (TPSA) is 192 Å². The molecule has 1 aliphatic rings. The molecule has 386 valence electrons. The van der Waals surface area contributed by atoms with E-state index >= 15 is 0 Å². The van der Waals surface area contributed by atoms with Crippen molar-refractivity contribution in [1.29, 1.82) is 0 Å². The van der Waals surface area contributed by atoms with Gasteiger partial charge in [-0.25, -0.2) is 4.18 Å². The number of aliphatic hydroxyl groups excluding tert-OH is 4. The zero-order chi connectivity index (χ0) is 47.6. The maximum Gasteiger partial charge on any atom is 0.397 e. The summed E-state index contributed by atoms with van der Waals surface area (Å²) in [5, 5.41) is 44.8. The Morgan fingerprint density at radius 2 is 0.969 bits per heavy atom. The van der Waals surface area contributed by atoms with Crippen LogP contribution >= 0.6 is 0 Å². The number of allylic oxidation sites excluding steroid dienone is 1. The summed E-state index contributed by atoms with van der Waals surface area (Å²) in [6, 6.07) is -0.939. The molecule has 0 aromatic heterocycles. The van der Waals surface area contributed by atoms with Gasteiger partial charge in [0.2, 0.25) is 5.91 Å². The van der Waals surface area contributed by atoms with E-state index in [1.807, 2.05) is 6.08 Å². The average molecular weight is 948 g/mol. The Morgan fingerprint density at radius 1 is 0.600 bits per heavy atom. The number of amides is 1. The third-order valence-electron chi connectivity index (χ3n) is 13.1. The maximum atomic E-state index is 13.1. The highest BCUT2D eigenvalue weighted by atomic mass is 32.3. The van der Waals surface area contributed by atoms with E-state index in [1.54, 1.807) is 6.08 Å². The molecule has 1 fully saturated rings. The number of rotatable bonds is 47. The first-order valence-corrected chi connectivity index (χ1v) is 28.4. The van der Waals surface area contributed by atoms with E-state index in [0.717, 1.165) is 38.5 Å². The van der Waals surface area contributed by atoms with Crippen molar-refractivity contribution < 1.29 is 51.8 Å². The molecule has 1 saturated heterocycles. The van der Waals surface area contributed by atoms with E-state index in [0.29, 0.717) is 6.42 Å². The molecular weight excluding hydrogens is 847 g/mol. The number of nitrogens with one attached hydrogen (secondary N) is 1. The predicted octanol–water partition coefficient (Wildman–Crippen LogP) is 11.9. The van der Waals surface area contributed by atoms with Gasteiger partial charge in [0.15, 0.2) is 6.29 Å². The van der Waals surface area contributed by atoms with Gasteiger partial charge in [-0.05, 0) is 19.3 Å². The fourth-order valence-corrected chi connectivity index (χ4v) is 9.38. The number of hydrogen-bond acceptors (Lipinski definition) is 10. The number of unbranched alkanes of at least 4 members (excludes halogenated alkanes) is 35. The SMILES string of the molecule is CCCCCCCCCCCCCC/C=C/C(O)C(COC1OC(CO)C(O)C(OS(=O)(=O)O)C1O)NC(=O)CCCCCCCCCCCCCCCCCCCCCCCCCC. The van der Waals surface area contributed by atoms with Gasteiger partial charge in [-0.3, -0.25) is 9.35 Å². The summed E-state index contributed by atoms with van der Waals surface area (Å²) in [4.78, 5) is 13.1. The molecule has 0 aliphatic carbocycles. The molecule has 0 saturated carbocycles. The van der Waals surface area contributed by atoms with Crippen LogP contribution < -0.4 is 5.32 Å². The summed E-state index contributed by atoms with van der Waals surface area (Å²) in [6.45, 7) is 3.42. The molecule has 12 nitrogen and oxygen atoms in total. The van der Waals surface area contributed by atoms with Gasteiger partial charge >= 0.3 is 10.4 Å². The van der Waals surface area contributed by atoms with Crippen LogP contribution in [0.25, 0.3) is 0 Å². The van der Waals surface area contributed by atoms with Crippen molar-refractivity contribution in [3.63, 3.8) is 0 Å². The Bertz CT molecular complexity index is 1210. The van der Waals surface area contributed by atoms with Gasteiger partial charge in [-0.15, -0.1) is 0 Å². The molecule has 0 bridgehead atoms. The van der Waals surface area contributed by atoms with Gasteiger partial charge < -0.3 is 35.2 Å². The second-order valence-corrected chi connectivity index (χ2v) is 20.2. The summed E-state index contributed by atoms with van der Waals surface area (Å²) >= 11 is 0. The van der Waals surface area contributed by atoms with Gasteiger partial charge in [0.25, 0.3) is 0 Å². The predicted molar refractivity (Wildman–Crippen MR) is 264 cm³/mol. The molecule has 65 heavy (non-hydrogen) atoms. The monoisotopic (exact) mass is 948 g/mol. The van der Waals surface area contributed by atoms with Crippen molar-refractivity contribution in [2.75, 3.05) is 13.2 Å². The smallest absolute Gasteiger partial charge is 0.394 e. The molecule has 6 N–H and O–H groups in total. The van der Waals surface area contributed by atoms with E-state index in [-0.39, 0.29) is 18.9 Å². The summed E-state index contributed by atoms with van der Waals surface area (Å²) in [6.07, 6.45) is 41.1. The quantitative estimate of drug-likeness (QED) is 0.0193. The lowest BCUT2D eigenvalue weighted by atomic mass is 9.99. The van der Waals surface area contributed by atoms with Crippen LogP contribution in [0, 0.1) is 0 Å². The first kappa shape index (κ1) is 61.9. The van der Waals surface area contributed by atoms with Crippen LogP contribution in [-0.2, 0) is 28.9 Å². The summed E-state index contributed by atoms with van der Waals surface area (Å²) < 4.78 is 47.7. The van der Waals surface area contributed by atoms with E-state index in [2.05, 4.69) is 23.3 Å². The Balaban J connectivity index is 2.36. The summed E-state index contributed by atoms with van der Waals surface area (Å²) in [7, 11) is -5.08. The molecule has 7 atom stereocenters. The van der Waals surface area contributed by atoms with Crippen LogP contribution in [0.3, 0.4) is 0 Å². The highest BCUT2D eigenvalue weighted by Gasteiger charge is 2.48. The third kappa shape index (κ3) is 35.6. The van der Waals surface area contributed by atoms with Crippen molar-refractivity contribution in [2.24, 2.45) is 0 Å². The molecule has 0 aromatic rings. The molecule has 1 amide bonds. The molecular formula is C52H101NO11S. The Morgan fingerprint density at radius 3 is 1.34 bits per heavy atom. The van der Waals surface area contributed by atoms with Gasteiger partial charge in [0.1, 0.15) is 24.4 Å². The number of aliphatic hydroxyl groups is 4. The molecule has 0 spiro atoms. The van der Waals surface area contributed by atoms with Gasteiger partial charge in [-0.1, -0.05) is 244 Å². The van der Waals surface area contributed by atoms with Crippen LogP contribution in [-0.4, -0.2) is 95.4 Å². The third-order valence-corrected chi connectivity index (χ3v) is 13.5. The normalized spacial score (nSPS) is 20.1. The van der Waals surface area contributed by atoms with Crippen molar-refractivity contribution in [2.45, 2.75) is 301 Å². The minimum Gasteiger partial charge on any atom is -0.394 e. The highest BCUT2D eigenvalue weighted by Crippen LogP contribution is 2.26. The number of hydrogen-bond donors (Lipinski definition) is 6. The standard InChI is InChI=1S/C52H101NO11S/c1-3-5-7-9-11-13-15-17-19-20-21-22-23-24-25-26-27-28-30-32-34-36-38-40-42-48(56)53-45(44-62-52-50(58)51(64-65(59,60)61)49(57)47(43-54)63-52)46(55)41-39-37-35-33-31-29-18-16-14-12-10-8-6-4-2/h39,41,45-47,49-52,54-55,57-58H,3-38,40,42-44H2,1-2H3,(H,53,56)(H,59,60,61)/b41-39+. The van der Waals surface area contributed by atoms with E-state index in [4.69, 9.17) is 9.47 Å². The van der Waals surface area contributed by atoms with E-state index in [1.165, 1.54) is 193 Å². The first-order chi connectivity index (χ1) is 31.5. The lowest BCUT2D eigenvalue weighted by Crippen LogP contribution is -2.61. The molecule has 1 aliphatic heterocycles. The Hall–Kier alpha value is -1.16. The summed E-state index contributed by atoms with van der Waals surface area (Å²) in [5.74, 6) is -0.257. The van der Waals surface area contributed by atoms with Gasteiger partial charge in [-0.2, -0.15) is 8.42 Å². The summed E-state index contributed by atoms with van der Waals surface area (Å²) in [5.41, 5.74) is 0. The molecule has 7 unspecified atom stereocenters. The Kier molecular flexibility index (Phi) is 40.8. The maximum absolute atomic E-state index is 13.1. The van der Waals surface area contributed by atoms with Gasteiger partial charge in [0, 0.05) is 6.42 Å². The van der Waals surface area contributed by atoms with Crippen LogP contribution in [0.4, 0.5) is 0 Å². The number of carbonyl (C=O) groups excluding carboxylic acids is 1. The fourth-order valence-electron chi connectivity index (χ4n) is 8.87. The lowest BCUT2D eigenvalue weighted by Gasteiger charge is -2.41. The zero-order valence-electron chi connectivity index (χ0n) is 41.6. The molecule has 13 heteroatoms. The van der Waals surface area contributed by atoms with Crippen molar-refractivity contribution in [3.8, 4) is 0 Å². The van der Waals surface area contributed by atoms with Crippen LogP contribution in [0.5, 0.6) is 0 Å². The second-order valence-electron chi connectivity index (χ2n) is 19.2. The van der Waals surface area contributed by atoms with Crippen molar-refractivity contribution in [3.05, 3.63) is 12.2 Å². The van der Waals surface area contributed by atoms with Gasteiger partial charge in [0.05, 0.1) is 25.4 Å². The minimum absolute atomic E-state index is 0.257. The highest BCUT2D eigenvalue weighted by molar-refractivity contribution is 7.80. The molecule has 1 heterocycles. The number of carbonyl (C=O) groups is 1. The average Bonchev–Trinajstić information content (AvgIpc) is 3.28. The minimum atomic E-state index is -5.08. The number of ether oxygens (including phenoxy) is 2. The molecule has 0 radical (unpaired) electrons. The largest absolute Gasteiger partial charge is 0.397 e. The fraction of sp³-hybridized carbons (Fsp3) is 0.942. The lowest BCUT2D eigenvalue weighted by molar-refractivity contribution is -0.298. The Labute approximate surface area is 398 Å². The second kappa shape index (κ2) is 42.9. The molecule has 0 aromatic carbocycles. The van der Waals surface area contributed by atoms with E-state index in [9.17, 15) is 38.2 Å². The van der Waals surface area contributed by atoms with Crippen molar-refractivity contribution >= 4 is 16.3 Å². The first-order valence-electron chi connectivity index (χ1n) is 27.1. The molecule has 1 rings (SSSR count). The van der Waals surface area contributed by atoms with E-state index < -0.39 is 59.9 Å². The van der Waals surface area contributed by atoms with Crippen molar-refractivity contribution in [1.82, 2.24) is 5.32 Å². The zero-order valence-corrected chi connectivity index (χ0v) is 42.4. The van der Waals surface area contributed by atoms with Crippen LogP contribution in [0.15, 0.2) is 12.2 Å².